The van der Waals surface area contributed by atoms with Gasteiger partial charge in [0, 0.05) is 24.2 Å². The number of piperidine rings is 1. The van der Waals surface area contributed by atoms with E-state index in [1.807, 2.05) is 43.3 Å². The van der Waals surface area contributed by atoms with Gasteiger partial charge in [0.1, 0.15) is 12.4 Å². The molecule has 0 saturated carbocycles. The molecule has 2 aromatic carbocycles. The maximum absolute atomic E-state index is 11.3. The van der Waals surface area contributed by atoms with E-state index in [2.05, 4.69) is 32.8 Å². The Hall–Kier alpha value is -2.48. The number of likely N-dealkylation sites (tertiary alicyclic amines) is 1. The van der Waals surface area contributed by atoms with Crippen LogP contribution in [0, 0.1) is 12.8 Å². The molecule has 0 radical (unpaired) electrons. The Bertz CT molecular complexity index is 1190. The van der Waals surface area contributed by atoms with E-state index in [1.54, 1.807) is 0 Å². The number of aromatic nitrogens is 1. The quantitative estimate of drug-likeness (QED) is 0.516. The number of hydrogen-bond acceptors (Lipinski definition) is 5. The first-order chi connectivity index (χ1) is 15.9. The average Bonchev–Trinajstić information content (AvgIpc) is 2.79. The minimum Gasteiger partial charge on any atom is -0.492 e. The van der Waals surface area contributed by atoms with Crippen LogP contribution in [0.25, 0.3) is 10.9 Å². The Morgan fingerprint density at radius 1 is 1.06 bits per heavy atom. The van der Waals surface area contributed by atoms with Crippen molar-refractivity contribution in [3.05, 3.63) is 71.4 Å². The summed E-state index contributed by atoms with van der Waals surface area (Å²) in [6.45, 7) is 6.11. The molecule has 1 aliphatic heterocycles. The summed E-state index contributed by atoms with van der Waals surface area (Å²) in [4.78, 5) is 7.07. The SMILES string of the molecule is Cc1ccc2c(OCCN3CCC(Cc4cccc(CNS(C)(=O)=O)c4)CC3)cccc2n1. The molecular formula is C26H33N3O3S. The molecule has 6 nitrogen and oxygen atoms in total. The third kappa shape index (κ3) is 7.00. The minimum absolute atomic E-state index is 0.345. The Balaban J connectivity index is 1.22. The van der Waals surface area contributed by atoms with Crippen LogP contribution in [-0.4, -0.2) is 50.8 Å². The lowest BCUT2D eigenvalue weighted by molar-refractivity contribution is 0.155. The number of pyridine rings is 1. The number of benzene rings is 2. The van der Waals surface area contributed by atoms with Gasteiger partial charge in [-0.3, -0.25) is 9.88 Å². The van der Waals surface area contributed by atoms with Gasteiger partial charge < -0.3 is 4.74 Å². The molecule has 3 aromatic rings. The van der Waals surface area contributed by atoms with Gasteiger partial charge in [-0.25, -0.2) is 13.1 Å². The van der Waals surface area contributed by atoms with Gasteiger partial charge in [-0.15, -0.1) is 0 Å². The lowest BCUT2D eigenvalue weighted by atomic mass is 9.89. The Morgan fingerprint density at radius 2 is 1.82 bits per heavy atom. The summed E-state index contributed by atoms with van der Waals surface area (Å²) in [7, 11) is -3.18. The fourth-order valence-electron chi connectivity index (χ4n) is 4.47. The molecule has 0 spiro atoms. The van der Waals surface area contributed by atoms with Gasteiger partial charge in [0.25, 0.3) is 0 Å². The number of fused-ring (bicyclic) bond motifs is 1. The zero-order valence-corrected chi connectivity index (χ0v) is 20.3. The van der Waals surface area contributed by atoms with Crippen LogP contribution in [0.5, 0.6) is 5.75 Å². The van der Waals surface area contributed by atoms with Gasteiger partial charge in [-0.05, 0) is 80.6 Å². The fraction of sp³-hybridized carbons (Fsp3) is 0.423. The third-order valence-corrected chi connectivity index (χ3v) is 6.93. The number of aryl methyl sites for hydroxylation is 1. The molecule has 2 heterocycles. The molecule has 176 valence electrons. The molecule has 33 heavy (non-hydrogen) atoms. The smallest absolute Gasteiger partial charge is 0.209 e. The van der Waals surface area contributed by atoms with E-state index in [0.29, 0.717) is 19.1 Å². The van der Waals surface area contributed by atoms with Crippen LogP contribution in [0.1, 0.15) is 29.7 Å². The van der Waals surface area contributed by atoms with E-state index in [0.717, 1.165) is 54.0 Å². The predicted octanol–water partition coefficient (Wildman–Crippen LogP) is 3.93. The molecule has 1 aromatic heterocycles. The lowest BCUT2D eigenvalue weighted by Crippen LogP contribution is -2.37. The van der Waals surface area contributed by atoms with Crippen LogP contribution in [-0.2, 0) is 23.0 Å². The molecule has 1 saturated heterocycles. The molecule has 0 unspecified atom stereocenters. The molecule has 7 heteroatoms. The monoisotopic (exact) mass is 467 g/mol. The summed E-state index contributed by atoms with van der Waals surface area (Å²) in [5.41, 5.74) is 4.28. The summed E-state index contributed by atoms with van der Waals surface area (Å²) in [5, 5.41) is 1.07. The second-order valence-corrected chi connectivity index (χ2v) is 10.9. The van der Waals surface area contributed by atoms with Crippen LogP contribution in [0.2, 0.25) is 0 Å². The first-order valence-electron chi connectivity index (χ1n) is 11.6. The van der Waals surface area contributed by atoms with Gasteiger partial charge in [0.15, 0.2) is 0 Å². The van der Waals surface area contributed by atoms with Crippen molar-refractivity contribution in [1.29, 1.82) is 0 Å². The van der Waals surface area contributed by atoms with Crippen molar-refractivity contribution in [2.75, 3.05) is 32.5 Å². The molecule has 0 aliphatic carbocycles. The number of nitrogens with one attached hydrogen (secondary N) is 1. The minimum atomic E-state index is -3.18. The molecule has 4 rings (SSSR count). The van der Waals surface area contributed by atoms with Crippen molar-refractivity contribution in [3.8, 4) is 5.75 Å². The van der Waals surface area contributed by atoms with Crippen LogP contribution in [0.3, 0.4) is 0 Å². The van der Waals surface area contributed by atoms with Gasteiger partial charge in [0.05, 0.1) is 11.8 Å². The summed E-state index contributed by atoms with van der Waals surface area (Å²) >= 11 is 0. The highest BCUT2D eigenvalue weighted by Gasteiger charge is 2.19. The Kier molecular flexibility index (Phi) is 7.63. The second kappa shape index (κ2) is 10.6. The first-order valence-corrected chi connectivity index (χ1v) is 13.5. The predicted molar refractivity (Wildman–Crippen MR) is 133 cm³/mol. The average molecular weight is 468 g/mol. The Labute approximate surface area is 197 Å². The molecular weight excluding hydrogens is 434 g/mol. The van der Waals surface area contributed by atoms with E-state index in [4.69, 9.17) is 4.74 Å². The number of hydrogen-bond donors (Lipinski definition) is 1. The zero-order valence-electron chi connectivity index (χ0n) is 19.5. The van der Waals surface area contributed by atoms with Crippen LogP contribution in [0.4, 0.5) is 0 Å². The van der Waals surface area contributed by atoms with Crippen molar-refractivity contribution in [1.82, 2.24) is 14.6 Å². The standard InChI is InChI=1S/C26H33N3O3S/c1-20-9-10-24-25(28-20)7-4-8-26(24)32-16-15-29-13-11-21(12-14-29)17-22-5-3-6-23(18-22)19-27-33(2,30)31/h3-10,18,21,27H,11-17,19H2,1-2H3. The second-order valence-electron chi connectivity index (χ2n) is 9.03. The number of rotatable bonds is 9. The highest BCUT2D eigenvalue weighted by atomic mass is 32.2. The summed E-state index contributed by atoms with van der Waals surface area (Å²) in [6.07, 6.45) is 4.57. The zero-order chi connectivity index (χ0) is 23.3. The number of sulfonamides is 1. The molecule has 1 fully saturated rings. The first kappa shape index (κ1) is 23.7. The Morgan fingerprint density at radius 3 is 2.61 bits per heavy atom. The highest BCUT2D eigenvalue weighted by Crippen LogP contribution is 2.25. The van der Waals surface area contributed by atoms with Gasteiger partial charge in [-0.2, -0.15) is 0 Å². The topological polar surface area (TPSA) is 71.5 Å². The van der Waals surface area contributed by atoms with Crippen molar-refractivity contribution >= 4 is 20.9 Å². The lowest BCUT2D eigenvalue weighted by Gasteiger charge is -2.32. The van der Waals surface area contributed by atoms with Crippen molar-refractivity contribution in [2.24, 2.45) is 5.92 Å². The van der Waals surface area contributed by atoms with Crippen molar-refractivity contribution < 1.29 is 13.2 Å². The van der Waals surface area contributed by atoms with E-state index >= 15 is 0 Å². The maximum Gasteiger partial charge on any atom is 0.209 e. The van der Waals surface area contributed by atoms with E-state index in [9.17, 15) is 8.42 Å². The van der Waals surface area contributed by atoms with Crippen molar-refractivity contribution in [3.63, 3.8) is 0 Å². The highest BCUT2D eigenvalue weighted by molar-refractivity contribution is 7.88. The molecule has 0 amide bonds. The maximum atomic E-state index is 11.3. The molecule has 1 N–H and O–H groups in total. The number of ether oxygens (including phenoxy) is 1. The third-order valence-electron chi connectivity index (χ3n) is 6.26. The van der Waals surface area contributed by atoms with Crippen LogP contribution in [0.15, 0.2) is 54.6 Å². The van der Waals surface area contributed by atoms with E-state index in [1.165, 1.54) is 24.7 Å². The van der Waals surface area contributed by atoms with Gasteiger partial charge >= 0.3 is 0 Å². The molecule has 1 aliphatic rings. The van der Waals surface area contributed by atoms with E-state index in [-0.39, 0.29) is 0 Å². The van der Waals surface area contributed by atoms with Crippen molar-refractivity contribution in [2.45, 2.75) is 32.7 Å². The van der Waals surface area contributed by atoms with Gasteiger partial charge in [-0.1, -0.05) is 30.3 Å². The molecule has 0 atom stereocenters. The van der Waals surface area contributed by atoms with E-state index < -0.39 is 10.0 Å². The van der Waals surface area contributed by atoms with Gasteiger partial charge in [0.2, 0.25) is 10.0 Å². The van der Waals surface area contributed by atoms with Crippen LogP contribution < -0.4 is 9.46 Å². The summed E-state index contributed by atoms with van der Waals surface area (Å²) < 4.78 is 31.4. The number of nitrogens with zero attached hydrogens (tertiary/aromatic N) is 2. The van der Waals surface area contributed by atoms with Crippen LogP contribution >= 0.6 is 0 Å². The fourth-order valence-corrected chi connectivity index (χ4v) is 4.90. The summed E-state index contributed by atoms with van der Waals surface area (Å²) in [6, 6.07) is 18.4. The largest absolute Gasteiger partial charge is 0.492 e. The summed E-state index contributed by atoms with van der Waals surface area (Å²) in [5.74, 6) is 1.56. The normalized spacial score (nSPS) is 15.7. The molecule has 0 bridgehead atoms.